The van der Waals surface area contributed by atoms with Crippen LogP contribution in [0.4, 0.5) is 0 Å². The summed E-state index contributed by atoms with van der Waals surface area (Å²) in [5, 5.41) is 17.4. The molecule has 0 aromatic rings. The molecule has 0 aliphatic carbocycles. The third-order valence-corrected chi connectivity index (χ3v) is 2.31. The van der Waals surface area contributed by atoms with Gasteiger partial charge in [-0.25, -0.2) is 0 Å². The Kier molecular flexibility index (Phi) is 17.4. The lowest BCUT2D eigenvalue weighted by molar-refractivity contribution is -0.0709. The monoisotopic (exact) mass is 380 g/mol. The molecule has 2 unspecified atom stereocenters. The normalized spacial score (nSPS) is 14.5. The minimum absolute atomic E-state index is 0.0509. The van der Waals surface area contributed by atoms with Crippen molar-refractivity contribution in [3.8, 4) is 0 Å². The largest absolute Gasteiger partial charge is 0.394 e. The van der Waals surface area contributed by atoms with Crippen molar-refractivity contribution in [2.75, 3.05) is 19.8 Å². The van der Waals surface area contributed by atoms with Gasteiger partial charge >= 0.3 is 0 Å². The smallest absolute Gasteiger partial charge is 0.0784 e. The first-order chi connectivity index (χ1) is 11.4. The zero-order valence-corrected chi connectivity index (χ0v) is 19.6. The Bertz CT molecular complexity index is 295. The third-order valence-electron chi connectivity index (χ3n) is 2.31. The van der Waals surface area contributed by atoms with Crippen molar-refractivity contribution in [2.24, 2.45) is 0 Å². The zero-order chi connectivity index (χ0) is 21.6. The summed E-state index contributed by atoms with van der Waals surface area (Å²) in [6.45, 7) is 25.1. The van der Waals surface area contributed by atoms with Crippen molar-refractivity contribution in [1.82, 2.24) is 0 Å². The Hall–Kier alpha value is -0.200. The maximum atomic E-state index is 8.79. The van der Waals surface area contributed by atoms with Crippen LogP contribution in [-0.2, 0) is 14.2 Å². The van der Waals surface area contributed by atoms with Crippen molar-refractivity contribution in [2.45, 2.75) is 119 Å². The molecule has 5 nitrogen and oxygen atoms in total. The van der Waals surface area contributed by atoms with Crippen molar-refractivity contribution < 1.29 is 24.4 Å². The van der Waals surface area contributed by atoms with Crippen LogP contribution in [0.2, 0.25) is 0 Å². The molecular weight excluding hydrogens is 332 g/mol. The number of aliphatic hydroxyl groups excluding tert-OH is 2. The van der Waals surface area contributed by atoms with Gasteiger partial charge in [0.15, 0.2) is 0 Å². The first-order valence-corrected chi connectivity index (χ1v) is 9.68. The molecule has 0 amide bonds. The average molecular weight is 381 g/mol. The van der Waals surface area contributed by atoms with Crippen LogP contribution in [0.25, 0.3) is 0 Å². The fraction of sp³-hybridized carbons (Fsp3) is 1.00. The van der Waals surface area contributed by atoms with Gasteiger partial charge in [-0.15, -0.1) is 0 Å². The average Bonchev–Trinajstić information content (AvgIpc) is 2.41. The van der Waals surface area contributed by atoms with Gasteiger partial charge in [0, 0.05) is 6.61 Å². The molecule has 0 rings (SSSR count). The first kappa shape index (κ1) is 30.5. The highest BCUT2D eigenvalue weighted by atomic mass is 16.5. The molecule has 0 radical (unpaired) electrons. The molecule has 2 N–H and O–H groups in total. The van der Waals surface area contributed by atoms with Gasteiger partial charge in [-0.3, -0.25) is 0 Å². The van der Waals surface area contributed by atoms with E-state index in [2.05, 4.69) is 27.7 Å². The molecule has 162 valence electrons. The summed E-state index contributed by atoms with van der Waals surface area (Å²) in [4.78, 5) is 0. The Balaban J connectivity index is -0.000000306. The highest BCUT2D eigenvalue weighted by Gasteiger charge is 2.13. The molecule has 0 aromatic carbocycles. The molecule has 0 spiro atoms. The van der Waals surface area contributed by atoms with E-state index in [1.807, 2.05) is 48.5 Å². The van der Waals surface area contributed by atoms with E-state index in [0.717, 1.165) is 13.0 Å². The Morgan fingerprint density at radius 2 is 1.19 bits per heavy atom. The molecule has 2 atom stereocenters. The van der Waals surface area contributed by atoms with E-state index in [0.29, 0.717) is 6.61 Å². The van der Waals surface area contributed by atoms with Gasteiger partial charge in [-0.2, -0.15) is 0 Å². The molecular formula is C21H48O5. The molecule has 26 heavy (non-hydrogen) atoms. The van der Waals surface area contributed by atoms with Gasteiger partial charge in [-0.05, 0) is 82.6 Å². The van der Waals surface area contributed by atoms with E-state index in [1.54, 1.807) is 6.92 Å². The molecule has 0 aromatic heterocycles. The molecule has 0 aliphatic heterocycles. The van der Waals surface area contributed by atoms with Crippen LogP contribution in [0.15, 0.2) is 0 Å². The Labute approximate surface area is 163 Å². The molecule has 0 fully saturated rings. The quantitative estimate of drug-likeness (QED) is 0.706. The number of hydrogen-bond donors (Lipinski definition) is 2. The van der Waals surface area contributed by atoms with Crippen molar-refractivity contribution >= 4 is 0 Å². The molecule has 0 heterocycles. The number of rotatable bonds is 6. The Morgan fingerprint density at radius 3 is 1.31 bits per heavy atom. The molecule has 0 saturated carbocycles. The summed E-state index contributed by atoms with van der Waals surface area (Å²) in [5.41, 5.74) is -0.213. The van der Waals surface area contributed by atoms with E-state index >= 15 is 0 Å². The highest BCUT2D eigenvalue weighted by molar-refractivity contribution is 4.61. The van der Waals surface area contributed by atoms with Crippen LogP contribution in [0.1, 0.15) is 89.5 Å². The third kappa shape index (κ3) is 39.0. The van der Waals surface area contributed by atoms with E-state index in [9.17, 15) is 0 Å². The number of aliphatic hydroxyl groups is 2. The first-order valence-electron chi connectivity index (χ1n) is 9.68. The summed E-state index contributed by atoms with van der Waals surface area (Å²) in [6.07, 6.45) is 0.700. The van der Waals surface area contributed by atoms with Gasteiger partial charge in [0.2, 0.25) is 0 Å². The van der Waals surface area contributed by atoms with Gasteiger partial charge in [0.25, 0.3) is 0 Å². The summed E-state index contributed by atoms with van der Waals surface area (Å²) in [7, 11) is 0. The van der Waals surface area contributed by atoms with Crippen LogP contribution in [0.3, 0.4) is 0 Å². The second kappa shape index (κ2) is 14.8. The predicted molar refractivity (Wildman–Crippen MR) is 111 cm³/mol. The van der Waals surface area contributed by atoms with E-state index in [-0.39, 0.29) is 35.6 Å². The molecule has 5 heteroatoms. The molecule has 0 saturated heterocycles. The van der Waals surface area contributed by atoms with Crippen molar-refractivity contribution in [3.05, 3.63) is 0 Å². The fourth-order valence-electron chi connectivity index (χ4n) is 1.42. The van der Waals surface area contributed by atoms with E-state index in [1.165, 1.54) is 0 Å². The van der Waals surface area contributed by atoms with Crippen LogP contribution in [0.5, 0.6) is 0 Å². The number of ether oxygens (including phenoxy) is 3. The minimum Gasteiger partial charge on any atom is -0.394 e. The predicted octanol–water partition coefficient (Wildman–Crippen LogP) is 4.58. The van der Waals surface area contributed by atoms with Gasteiger partial charge in [-0.1, -0.05) is 6.92 Å². The van der Waals surface area contributed by atoms with E-state index in [4.69, 9.17) is 24.4 Å². The molecule has 0 aliphatic rings. The SMILES string of the molecule is CC(CO)OC(C)(C)C.CC(O)COC(C)(C)C.CCCOC(C)(C)C. The summed E-state index contributed by atoms with van der Waals surface area (Å²) >= 11 is 0. The standard InChI is InChI=1S/2C7H16O2.C7H16O/c1-6(8)5-9-7(2,3)4;1-6(5-8)9-7(2,3)4;1-5-6-8-7(2,3)4/h2*6,8H,5H2,1-4H3;5-6H2,1-4H3. The minimum atomic E-state index is -0.357. The Morgan fingerprint density at radius 1 is 0.769 bits per heavy atom. The van der Waals surface area contributed by atoms with Gasteiger partial charge in [0.05, 0.1) is 42.2 Å². The van der Waals surface area contributed by atoms with Crippen LogP contribution < -0.4 is 0 Å². The second-order valence-corrected chi connectivity index (χ2v) is 9.46. The summed E-state index contributed by atoms with van der Waals surface area (Å²) < 4.78 is 16.0. The lowest BCUT2D eigenvalue weighted by Gasteiger charge is -2.23. The van der Waals surface area contributed by atoms with Crippen LogP contribution >= 0.6 is 0 Å². The number of hydrogen-bond acceptors (Lipinski definition) is 5. The lowest BCUT2D eigenvalue weighted by atomic mass is 10.2. The van der Waals surface area contributed by atoms with Gasteiger partial charge < -0.3 is 24.4 Å². The maximum Gasteiger partial charge on any atom is 0.0784 e. The fourth-order valence-corrected chi connectivity index (χ4v) is 1.42. The van der Waals surface area contributed by atoms with Crippen LogP contribution in [-0.4, -0.2) is 59.0 Å². The lowest BCUT2D eigenvalue weighted by Crippen LogP contribution is -2.27. The second-order valence-electron chi connectivity index (χ2n) is 9.46. The highest BCUT2D eigenvalue weighted by Crippen LogP contribution is 2.09. The summed E-state index contributed by atoms with van der Waals surface area (Å²) in [6, 6.07) is 0. The molecule has 0 bridgehead atoms. The van der Waals surface area contributed by atoms with Gasteiger partial charge in [0.1, 0.15) is 0 Å². The zero-order valence-electron chi connectivity index (χ0n) is 19.6. The maximum absolute atomic E-state index is 8.79. The summed E-state index contributed by atoms with van der Waals surface area (Å²) in [5.74, 6) is 0. The van der Waals surface area contributed by atoms with Crippen LogP contribution in [0, 0.1) is 0 Å². The topological polar surface area (TPSA) is 68.2 Å². The van der Waals surface area contributed by atoms with Crippen molar-refractivity contribution in [3.63, 3.8) is 0 Å². The van der Waals surface area contributed by atoms with E-state index < -0.39 is 0 Å². The van der Waals surface area contributed by atoms with Crippen molar-refractivity contribution in [1.29, 1.82) is 0 Å².